The molecule has 1 aromatic rings. The van der Waals surface area contributed by atoms with Crippen molar-refractivity contribution in [2.45, 2.75) is 20.1 Å². The van der Waals surface area contributed by atoms with E-state index in [4.69, 9.17) is 18.9 Å². The summed E-state index contributed by atoms with van der Waals surface area (Å²) in [5.41, 5.74) is 2.26. The molecule has 0 unspecified atom stereocenters. The van der Waals surface area contributed by atoms with Gasteiger partial charge in [0, 0.05) is 24.1 Å². The zero-order chi connectivity index (χ0) is 14.6. The second-order valence-electron chi connectivity index (χ2n) is 5.51. The Labute approximate surface area is 156 Å². The fourth-order valence-corrected chi connectivity index (χ4v) is 2.57. The van der Waals surface area contributed by atoms with E-state index in [1.807, 2.05) is 12.1 Å². The van der Waals surface area contributed by atoms with Gasteiger partial charge < -0.3 is 18.9 Å². The van der Waals surface area contributed by atoms with Crippen LogP contribution in [0.25, 0.3) is 0 Å². The molecule has 0 spiro atoms. The molecule has 2 rings (SSSR count). The van der Waals surface area contributed by atoms with E-state index < -0.39 is 0 Å². The first-order valence-electron chi connectivity index (χ1n) is 6.58. The number of hydrogen-bond acceptors (Lipinski definition) is 4. The van der Waals surface area contributed by atoms with Crippen LogP contribution in [0.1, 0.15) is 18.1 Å². The summed E-state index contributed by atoms with van der Waals surface area (Å²) in [5.74, 6) is 0.848. The first kappa shape index (κ1) is 19.4. The number of methoxy groups -OCH3 is 2. The Hall–Kier alpha value is 0.380. The van der Waals surface area contributed by atoms with Gasteiger partial charge in [-0.05, 0) is 23.3 Å². The second-order valence-corrected chi connectivity index (χ2v) is 6.31. The number of hydrogen-bond donors (Lipinski definition) is 0. The third-order valence-electron chi connectivity index (χ3n) is 3.28. The van der Waals surface area contributed by atoms with Crippen molar-refractivity contribution in [1.82, 2.24) is 0 Å². The van der Waals surface area contributed by atoms with Gasteiger partial charge in [-0.2, -0.15) is 0 Å². The summed E-state index contributed by atoms with van der Waals surface area (Å²) < 4.78 is 22.6. The molecule has 1 heterocycles. The quantitative estimate of drug-likeness (QED) is 0.693. The maximum atomic E-state index is 5.93. The summed E-state index contributed by atoms with van der Waals surface area (Å²) in [6.45, 7) is 5.43. The van der Waals surface area contributed by atoms with E-state index in [1.54, 1.807) is 14.2 Å². The van der Waals surface area contributed by atoms with Crippen LogP contribution < -0.4 is 4.74 Å². The van der Waals surface area contributed by atoms with Crippen molar-refractivity contribution in [2.75, 3.05) is 34.0 Å². The topological polar surface area (TPSA) is 36.9 Å². The molecule has 0 atom stereocenters. The van der Waals surface area contributed by atoms with E-state index in [-0.39, 0.29) is 35.0 Å². The Balaban J connectivity index is 0.00000220. The van der Waals surface area contributed by atoms with Crippen LogP contribution in [-0.2, 0) is 27.4 Å². The van der Waals surface area contributed by atoms with Gasteiger partial charge in [-0.15, -0.1) is 0 Å². The van der Waals surface area contributed by atoms with Crippen LogP contribution in [0.4, 0.5) is 0 Å². The Bertz CT molecular complexity index is 436. The molecule has 0 amide bonds. The van der Waals surface area contributed by atoms with Crippen LogP contribution in [0.15, 0.2) is 16.6 Å². The number of ether oxygens (including phenoxy) is 4. The zero-order valence-electron chi connectivity index (χ0n) is 12.2. The predicted octanol–water partition coefficient (Wildman–Crippen LogP) is 2.51. The first-order valence-corrected chi connectivity index (χ1v) is 7.37. The summed E-state index contributed by atoms with van der Waals surface area (Å²) in [6.07, 6.45) is 0. The van der Waals surface area contributed by atoms with E-state index in [9.17, 15) is 0 Å². The van der Waals surface area contributed by atoms with E-state index in [0.29, 0.717) is 19.8 Å². The SMILES string of the molecule is COCc1cc(OCC2(C)COC2)cc(COC)c1Br.[NaH]. The van der Waals surface area contributed by atoms with Crippen molar-refractivity contribution in [3.63, 3.8) is 0 Å². The summed E-state index contributed by atoms with van der Waals surface area (Å²) in [5, 5.41) is 0. The fourth-order valence-electron chi connectivity index (χ4n) is 2.11. The van der Waals surface area contributed by atoms with Crippen molar-refractivity contribution in [3.8, 4) is 5.75 Å². The summed E-state index contributed by atoms with van der Waals surface area (Å²) in [6, 6.07) is 4.02. The van der Waals surface area contributed by atoms with Gasteiger partial charge in [0.2, 0.25) is 0 Å². The Morgan fingerprint density at radius 2 is 1.67 bits per heavy atom. The predicted molar refractivity (Wildman–Crippen MR) is 87.1 cm³/mol. The number of rotatable bonds is 7. The van der Waals surface area contributed by atoms with Crippen LogP contribution in [0.3, 0.4) is 0 Å². The van der Waals surface area contributed by atoms with E-state index >= 15 is 0 Å². The normalized spacial score (nSPS) is 16.0. The maximum absolute atomic E-state index is 5.93. The van der Waals surface area contributed by atoms with E-state index in [0.717, 1.165) is 34.6 Å². The van der Waals surface area contributed by atoms with Crippen molar-refractivity contribution in [2.24, 2.45) is 5.41 Å². The molecule has 114 valence electrons. The van der Waals surface area contributed by atoms with Gasteiger partial charge in [0.1, 0.15) is 5.75 Å². The summed E-state index contributed by atoms with van der Waals surface area (Å²) >= 11 is 3.60. The van der Waals surface area contributed by atoms with Crippen molar-refractivity contribution < 1.29 is 18.9 Å². The second kappa shape index (κ2) is 8.87. The molecule has 0 aliphatic carbocycles. The molecule has 6 heteroatoms. The fraction of sp³-hybridized carbons (Fsp3) is 0.600. The molecule has 1 fully saturated rings. The van der Waals surface area contributed by atoms with Crippen LogP contribution in [0.5, 0.6) is 5.75 Å². The summed E-state index contributed by atoms with van der Waals surface area (Å²) in [7, 11) is 3.37. The van der Waals surface area contributed by atoms with Crippen molar-refractivity contribution in [1.29, 1.82) is 0 Å². The van der Waals surface area contributed by atoms with Crippen LogP contribution in [0, 0.1) is 5.41 Å². The van der Waals surface area contributed by atoms with Crippen molar-refractivity contribution >= 4 is 45.5 Å². The molecule has 1 aliphatic rings. The molecular formula is C15H22BrNaO4. The summed E-state index contributed by atoms with van der Waals surface area (Å²) in [4.78, 5) is 0. The van der Waals surface area contributed by atoms with Gasteiger partial charge in [0.15, 0.2) is 0 Å². The molecule has 0 aromatic heterocycles. The Morgan fingerprint density at radius 1 is 1.14 bits per heavy atom. The van der Waals surface area contributed by atoms with Crippen LogP contribution in [0.2, 0.25) is 0 Å². The van der Waals surface area contributed by atoms with Gasteiger partial charge in [-0.3, -0.25) is 0 Å². The van der Waals surface area contributed by atoms with Gasteiger partial charge in [-0.25, -0.2) is 0 Å². The molecule has 0 saturated carbocycles. The molecule has 1 saturated heterocycles. The molecule has 1 aromatic carbocycles. The molecule has 0 bridgehead atoms. The monoisotopic (exact) mass is 368 g/mol. The average Bonchev–Trinajstić information content (AvgIpc) is 2.39. The Morgan fingerprint density at radius 3 is 2.05 bits per heavy atom. The Kier molecular flexibility index (Phi) is 8.20. The van der Waals surface area contributed by atoms with Crippen LogP contribution in [-0.4, -0.2) is 63.6 Å². The zero-order valence-corrected chi connectivity index (χ0v) is 13.8. The van der Waals surface area contributed by atoms with Gasteiger partial charge in [-0.1, -0.05) is 22.9 Å². The van der Waals surface area contributed by atoms with Gasteiger partial charge >= 0.3 is 29.6 Å². The molecular weight excluding hydrogens is 347 g/mol. The molecule has 21 heavy (non-hydrogen) atoms. The number of benzene rings is 1. The standard InChI is InChI=1S/C15H21BrO4.Na.H/c1-15(8-19-9-15)10-20-13-4-11(6-17-2)14(16)12(5-13)7-18-3;;/h4-5H,6-10H2,1-3H3;;. The molecule has 0 radical (unpaired) electrons. The molecule has 4 nitrogen and oxygen atoms in total. The third-order valence-corrected chi connectivity index (χ3v) is 4.30. The molecule has 0 N–H and O–H groups in total. The minimum absolute atomic E-state index is 0. The average molecular weight is 369 g/mol. The van der Waals surface area contributed by atoms with E-state index in [2.05, 4.69) is 22.9 Å². The first-order chi connectivity index (χ1) is 9.58. The van der Waals surface area contributed by atoms with Gasteiger partial charge in [0.25, 0.3) is 0 Å². The van der Waals surface area contributed by atoms with Gasteiger partial charge in [0.05, 0.1) is 33.0 Å². The number of halogens is 1. The van der Waals surface area contributed by atoms with Crippen molar-refractivity contribution in [3.05, 3.63) is 27.7 Å². The molecule has 1 aliphatic heterocycles. The third kappa shape index (κ3) is 5.20. The van der Waals surface area contributed by atoms with Crippen LogP contribution >= 0.6 is 15.9 Å². The van der Waals surface area contributed by atoms with E-state index in [1.165, 1.54) is 0 Å². The minimum atomic E-state index is 0.